The molecule has 4 nitrogen and oxygen atoms in total. The van der Waals surface area contributed by atoms with Gasteiger partial charge in [-0.1, -0.05) is 36.4 Å². The third kappa shape index (κ3) is 5.78. The van der Waals surface area contributed by atoms with Crippen LogP contribution in [-0.2, 0) is 4.74 Å². The summed E-state index contributed by atoms with van der Waals surface area (Å²) < 4.78 is 5.55. The van der Waals surface area contributed by atoms with E-state index in [-0.39, 0.29) is 0 Å². The number of ether oxygens (including phenoxy) is 1. The van der Waals surface area contributed by atoms with Crippen LogP contribution in [0.15, 0.2) is 54.6 Å². The molecule has 0 amide bonds. The quantitative estimate of drug-likeness (QED) is 0.292. The number of aliphatic hydroxyl groups excluding tert-OH is 1. The highest BCUT2D eigenvalue weighted by molar-refractivity contribution is 6.69. The third-order valence-electron chi connectivity index (χ3n) is 4.66. The van der Waals surface area contributed by atoms with E-state index < -0.39 is 14.4 Å². The summed E-state index contributed by atoms with van der Waals surface area (Å²) in [6, 6.07) is 19.7. The SMILES string of the molecule is C[Si](C)(O)CCCOCC(O)CNc1cccc2cc3ccccc3cc12. The zero-order valence-electron chi connectivity index (χ0n) is 16.1. The summed E-state index contributed by atoms with van der Waals surface area (Å²) in [4.78, 5) is 9.81. The van der Waals surface area contributed by atoms with E-state index in [0.29, 0.717) is 19.8 Å². The Labute approximate surface area is 161 Å². The van der Waals surface area contributed by atoms with E-state index in [0.717, 1.165) is 23.5 Å². The van der Waals surface area contributed by atoms with Gasteiger partial charge < -0.3 is 20.0 Å². The predicted octanol–water partition coefficient (Wildman–Crippen LogP) is 4.37. The van der Waals surface area contributed by atoms with Crippen molar-refractivity contribution in [3.63, 3.8) is 0 Å². The third-order valence-corrected chi connectivity index (χ3v) is 6.24. The number of rotatable bonds is 9. The van der Waals surface area contributed by atoms with Gasteiger partial charge in [0.15, 0.2) is 8.32 Å². The largest absolute Gasteiger partial charge is 0.432 e. The number of anilines is 1. The number of nitrogens with one attached hydrogen (secondary N) is 1. The molecule has 0 saturated heterocycles. The molecule has 0 aliphatic heterocycles. The second-order valence-corrected chi connectivity index (χ2v) is 11.9. The second-order valence-electron chi connectivity index (χ2n) is 7.75. The van der Waals surface area contributed by atoms with Crippen molar-refractivity contribution in [2.24, 2.45) is 0 Å². The zero-order chi connectivity index (χ0) is 19.3. The highest BCUT2D eigenvalue weighted by Crippen LogP contribution is 2.28. The van der Waals surface area contributed by atoms with E-state index in [9.17, 15) is 9.90 Å². The molecule has 0 heterocycles. The summed E-state index contributed by atoms with van der Waals surface area (Å²) in [5.41, 5.74) is 1.02. The molecule has 5 heteroatoms. The number of benzene rings is 3. The van der Waals surface area contributed by atoms with Gasteiger partial charge in [0.25, 0.3) is 0 Å². The van der Waals surface area contributed by atoms with Crippen LogP contribution in [0.5, 0.6) is 0 Å². The van der Waals surface area contributed by atoms with Gasteiger partial charge in [0, 0.05) is 24.2 Å². The number of aliphatic hydroxyl groups is 1. The van der Waals surface area contributed by atoms with Crippen LogP contribution < -0.4 is 5.32 Å². The Morgan fingerprint density at radius 1 is 1.00 bits per heavy atom. The maximum atomic E-state index is 10.2. The molecular formula is C22H29NO3Si. The second kappa shape index (κ2) is 8.84. The van der Waals surface area contributed by atoms with Crippen molar-refractivity contribution in [3.05, 3.63) is 54.6 Å². The number of hydrogen-bond donors (Lipinski definition) is 3. The van der Waals surface area contributed by atoms with Gasteiger partial charge in [-0.15, -0.1) is 0 Å². The fourth-order valence-corrected chi connectivity index (χ4v) is 4.24. The molecule has 0 aromatic heterocycles. The van der Waals surface area contributed by atoms with Crippen LogP contribution in [0.25, 0.3) is 21.5 Å². The molecule has 1 atom stereocenters. The van der Waals surface area contributed by atoms with Crippen molar-refractivity contribution < 1.29 is 14.6 Å². The monoisotopic (exact) mass is 383 g/mol. The first-order valence-corrected chi connectivity index (χ1v) is 12.7. The Morgan fingerprint density at radius 2 is 1.70 bits per heavy atom. The maximum absolute atomic E-state index is 10.2. The van der Waals surface area contributed by atoms with E-state index in [4.69, 9.17) is 4.74 Å². The molecule has 3 aromatic rings. The molecule has 0 aliphatic carbocycles. The molecular weight excluding hydrogens is 354 g/mol. The first-order valence-electron chi connectivity index (χ1n) is 9.56. The Bertz CT molecular complexity index is 891. The van der Waals surface area contributed by atoms with Crippen LogP contribution in [0.3, 0.4) is 0 Å². The lowest BCUT2D eigenvalue weighted by Crippen LogP contribution is -2.27. The van der Waals surface area contributed by atoms with E-state index in [2.05, 4.69) is 41.7 Å². The van der Waals surface area contributed by atoms with Gasteiger partial charge in [-0.05, 0) is 59.9 Å². The molecule has 3 rings (SSSR count). The van der Waals surface area contributed by atoms with Crippen molar-refractivity contribution in [1.29, 1.82) is 0 Å². The molecule has 3 N–H and O–H groups in total. The van der Waals surface area contributed by atoms with E-state index in [1.165, 1.54) is 16.2 Å². The van der Waals surface area contributed by atoms with Crippen LogP contribution in [-0.4, -0.2) is 44.1 Å². The van der Waals surface area contributed by atoms with Crippen molar-refractivity contribution >= 4 is 35.5 Å². The molecule has 0 spiro atoms. The molecule has 0 bridgehead atoms. The molecule has 0 aliphatic rings. The lowest BCUT2D eigenvalue weighted by Gasteiger charge is -2.16. The van der Waals surface area contributed by atoms with Crippen molar-refractivity contribution in [2.75, 3.05) is 25.1 Å². The molecule has 144 valence electrons. The lowest BCUT2D eigenvalue weighted by molar-refractivity contribution is 0.0434. The highest BCUT2D eigenvalue weighted by atomic mass is 28.4. The summed E-state index contributed by atoms with van der Waals surface area (Å²) >= 11 is 0. The smallest absolute Gasteiger partial charge is 0.182 e. The summed E-state index contributed by atoms with van der Waals surface area (Å²) in [6.07, 6.45) is 0.270. The summed E-state index contributed by atoms with van der Waals surface area (Å²) in [5, 5.41) is 18.3. The molecule has 3 aromatic carbocycles. The van der Waals surface area contributed by atoms with E-state index >= 15 is 0 Å². The van der Waals surface area contributed by atoms with Gasteiger partial charge in [-0.2, -0.15) is 0 Å². The molecule has 0 radical (unpaired) electrons. The molecule has 1 unspecified atom stereocenters. The summed E-state index contributed by atoms with van der Waals surface area (Å²) in [5.74, 6) is 0. The number of hydrogen-bond acceptors (Lipinski definition) is 4. The average Bonchev–Trinajstić information content (AvgIpc) is 2.63. The minimum absolute atomic E-state index is 0.300. The average molecular weight is 384 g/mol. The number of fused-ring (bicyclic) bond motifs is 2. The first-order chi connectivity index (χ1) is 12.9. The van der Waals surface area contributed by atoms with Gasteiger partial charge in [-0.25, -0.2) is 0 Å². The van der Waals surface area contributed by atoms with Gasteiger partial charge >= 0.3 is 0 Å². The maximum Gasteiger partial charge on any atom is 0.182 e. The predicted molar refractivity (Wildman–Crippen MR) is 116 cm³/mol. The normalized spacial score (nSPS) is 13.2. The summed E-state index contributed by atoms with van der Waals surface area (Å²) in [6.45, 7) is 5.17. The standard InChI is InChI=1S/C22H29NO3Si/c1-27(2,25)12-6-11-26-16-20(24)15-23-22-10-5-9-19-13-17-7-3-4-8-18(17)14-21(19)22/h3-5,7-10,13-14,20,23-25H,6,11-12,15-16H2,1-2H3. The van der Waals surface area contributed by atoms with Crippen molar-refractivity contribution in [2.45, 2.75) is 31.7 Å². The van der Waals surface area contributed by atoms with Gasteiger partial charge in [0.2, 0.25) is 0 Å². The minimum Gasteiger partial charge on any atom is -0.432 e. The first kappa shape index (κ1) is 19.8. The Balaban J connectivity index is 1.56. The Kier molecular flexibility index (Phi) is 6.49. The molecule has 0 fully saturated rings. The van der Waals surface area contributed by atoms with Gasteiger partial charge in [0.05, 0.1) is 12.7 Å². The van der Waals surface area contributed by atoms with Crippen molar-refractivity contribution in [3.8, 4) is 0 Å². The fraction of sp³-hybridized carbons (Fsp3) is 0.364. The molecule has 0 saturated carbocycles. The zero-order valence-corrected chi connectivity index (χ0v) is 17.1. The lowest BCUT2D eigenvalue weighted by atomic mass is 10.0. The van der Waals surface area contributed by atoms with Gasteiger partial charge in [0.1, 0.15) is 0 Å². The topological polar surface area (TPSA) is 61.7 Å². The van der Waals surface area contributed by atoms with Crippen LogP contribution in [0, 0.1) is 0 Å². The summed E-state index contributed by atoms with van der Waals surface area (Å²) in [7, 11) is -1.99. The van der Waals surface area contributed by atoms with Crippen LogP contribution in [0.1, 0.15) is 6.42 Å². The van der Waals surface area contributed by atoms with E-state index in [1.807, 2.05) is 31.3 Å². The molecule has 27 heavy (non-hydrogen) atoms. The fourth-order valence-electron chi connectivity index (χ4n) is 3.23. The minimum atomic E-state index is -1.99. The van der Waals surface area contributed by atoms with Gasteiger partial charge in [-0.3, -0.25) is 0 Å². The highest BCUT2D eigenvalue weighted by Gasteiger charge is 2.15. The van der Waals surface area contributed by atoms with Crippen molar-refractivity contribution in [1.82, 2.24) is 0 Å². The van der Waals surface area contributed by atoms with Crippen LogP contribution in [0.4, 0.5) is 5.69 Å². The Morgan fingerprint density at radius 3 is 2.44 bits per heavy atom. The Hall–Kier alpha value is -1.92. The van der Waals surface area contributed by atoms with Crippen LogP contribution >= 0.6 is 0 Å². The van der Waals surface area contributed by atoms with E-state index in [1.54, 1.807) is 0 Å². The van der Waals surface area contributed by atoms with Crippen LogP contribution in [0.2, 0.25) is 19.1 Å².